The number of hydrogen-bond donors (Lipinski definition) is 2. The fourth-order valence-electron chi connectivity index (χ4n) is 0.725. The lowest BCUT2D eigenvalue weighted by molar-refractivity contribution is 0.647. The molecule has 1 heterocycles. The van der Waals surface area contributed by atoms with Gasteiger partial charge in [-0.25, -0.2) is 0 Å². The van der Waals surface area contributed by atoms with Crippen LogP contribution in [0.25, 0.3) is 0 Å². The molecule has 0 amide bonds. The van der Waals surface area contributed by atoms with E-state index in [-0.39, 0.29) is 0 Å². The molecule has 1 fully saturated rings. The molecule has 0 aromatic heterocycles. The zero-order valence-electron chi connectivity index (χ0n) is 4.89. The Labute approximate surface area is 54.2 Å². The molecule has 0 aromatic rings. The SMILES string of the molecule is NC1CNCCSC1. The molecule has 0 bridgehead atoms. The fraction of sp³-hybridized carbons (Fsp3) is 1.00. The van der Waals surface area contributed by atoms with Crippen LogP contribution in [0.5, 0.6) is 0 Å². The molecule has 0 aliphatic carbocycles. The number of nitrogens with one attached hydrogen (secondary N) is 1. The van der Waals surface area contributed by atoms with Crippen LogP contribution in [-0.2, 0) is 0 Å². The second-order valence-electron chi connectivity index (χ2n) is 2.04. The van der Waals surface area contributed by atoms with Crippen molar-refractivity contribution in [1.29, 1.82) is 0 Å². The molecule has 0 spiro atoms. The zero-order valence-corrected chi connectivity index (χ0v) is 5.71. The van der Waals surface area contributed by atoms with Crippen molar-refractivity contribution in [2.45, 2.75) is 6.04 Å². The van der Waals surface area contributed by atoms with Gasteiger partial charge in [0.25, 0.3) is 0 Å². The van der Waals surface area contributed by atoms with E-state index in [1.807, 2.05) is 11.8 Å². The van der Waals surface area contributed by atoms with E-state index in [0.717, 1.165) is 18.8 Å². The van der Waals surface area contributed by atoms with Gasteiger partial charge >= 0.3 is 0 Å². The molecular weight excluding hydrogens is 120 g/mol. The van der Waals surface area contributed by atoms with Crippen molar-refractivity contribution < 1.29 is 0 Å². The monoisotopic (exact) mass is 132 g/mol. The van der Waals surface area contributed by atoms with E-state index in [0.29, 0.717) is 6.04 Å². The summed E-state index contributed by atoms with van der Waals surface area (Å²) >= 11 is 1.94. The van der Waals surface area contributed by atoms with Gasteiger partial charge < -0.3 is 11.1 Å². The van der Waals surface area contributed by atoms with Crippen molar-refractivity contribution in [2.75, 3.05) is 24.6 Å². The van der Waals surface area contributed by atoms with Crippen LogP contribution in [0.3, 0.4) is 0 Å². The largest absolute Gasteiger partial charge is 0.326 e. The van der Waals surface area contributed by atoms with E-state index >= 15 is 0 Å². The Bertz CT molecular complexity index is 59.4. The topological polar surface area (TPSA) is 38.0 Å². The van der Waals surface area contributed by atoms with Crippen LogP contribution in [0.1, 0.15) is 0 Å². The van der Waals surface area contributed by atoms with E-state index in [2.05, 4.69) is 5.32 Å². The molecule has 0 saturated carbocycles. The van der Waals surface area contributed by atoms with E-state index in [9.17, 15) is 0 Å². The predicted molar refractivity (Wildman–Crippen MR) is 38.2 cm³/mol. The number of hydrogen-bond acceptors (Lipinski definition) is 3. The van der Waals surface area contributed by atoms with Crippen molar-refractivity contribution in [1.82, 2.24) is 5.32 Å². The molecule has 8 heavy (non-hydrogen) atoms. The van der Waals surface area contributed by atoms with Gasteiger partial charge in [0.15, 0.2) is 0 Å². The first-order chi connectivity index (χ1) is 3.89. The Morgan fingerprint density at radius 3 is 3.38 bits per heavy atom. The van der Waals surface area contributed by atoms with Crippen molar-refractivity contribution in [3.8, 4) is 0 Å². The van der Waals surface area contributed by atoms with Gasteiger partial charge in [0, 0.05) is 30.6 Å². The van der Waals surface area contributed by atoms with Crippen LogP contribution in [0.4, 0.5) is 0 Å². The second-order valence-corrected chi connectivity index (χ2v) is 3.19. The molecular formula is C5H12N2S. The smallest absolute Gasteiger partial charge is 0.0257 e. The lowest BCUT2D eigenvalue weighted by atomic mass is 10.4. The normalized spacial score (nSPS) is 31.9. The summed E-state index contributed by atoms with van der Waals surface area (Å²) in [5.41, 5.74) is 5.65. The molecule has 1 rings (SSSR count). The first-order valence-electron chi connectivity index (χ1n) is 2.93. The summed E-state index contributed by atoms with van der Waals surface area (Å²) in [6.45, 7) is 2.12. The Morgan fingerprint density at radius 2 is 2.50 bits per heavy atom. The lowest BCUT2D eigenvalue weighted by Gasteiger charge is -2.03. The minimum absolute atomic E-state index is 0.377. The third kappa shape index (κ3) is 2.03. The maximum absolute atomic E-state index is 5.65. The zero-order chi connectivity index (χ0) is 5.82. The third-order valence-corrected chi connectivity index (χ3v) is 2.32. The van der Waals surface area contributed by atoms with Gasteiger partial charge in [0.1, 0.15) is 0 Å². The van der Waals surface area contributed by atoms with Gasteiger partial charge in [-0.05, 0) is 0 Å². The fourth-order valence-corrected chi connectivity index (χ4v) is 1.60. The highest BCUT2D eigenvalue weighted by Crippen LogP contribution is 2.02. The van der Waals surface area contributed by atoms with Crippen molar-refractivity contribution >= 4 is 11.8 Å². The molecule has 3 heteroatoms. The Balaban J connectivity index is 2.17. The Hall–Kier alpha value is 0.270. The molecule has 0 aromatic carbocycles. The van der Waals surface area contributed by atoms with Crippen LogP contribution in [0.15, 0.2) is 0 Å². The third-order valence-electron chi connectivity index (χ3n) is 1.16. The van der Waals surface area contributed by atoms with Gasteiger partial charge in [0.05, 0.1) is 0 Å². The van der Waals surface area contributed by atoms with Gasteiger partial charge in [0.2, 0.25) is 0 Å². The second kappa shape index (κ2) is 3.33. The molecule has 3 N–H and O–H groups in total. The van der Waals surface area contributed by atoms with Crippen LogP contribution in [0.2, 0.25) is 0 Å². The first kappa shape index (κ1) is 6.39. The summed E-state index contributed by atoms with van der Waals surface area (Å²) in [7, 11) is 0. The van der Waals surface area contributed by atoms with E-state index in [1.165, 1.54) is 5.75 Å². The Morgan fingerprint density at radius 1 is 1.62 bits per heavy atom. The van der Waals surface area contributed by atoms with Crippen molar-refractivity contribution in [3.63, 3.8) is 0 Å². The van der Waals surface area contributed by atoms with Crippen LogP contribution >= 0.6 is 11.8 Å². The Kier molecular flexibility index (Phi) is 2.66. The van der Waals surface area contributed by atoms with Gasteiger partial charge in [-0.3, -0.25) is 0 Å². The van der Waals surface area contributed by atoms with Crippen molar-refractivity contribution in [3.05, 3.63) is 0 Å². The maximum Gasteiger partial charge on any atom is 0.0257 e. The highest BCUT2D eigenvalue weighted by molar-refractivity contribution is 7.99. The molecule has 1 aliphatic heterocycles. The summed E-state index contributed by atoms with van der Waals surface area (Å²) in [5, 5.41) is 3.25. The van der Waals surface area contributed by atoms with Crippen LogP contribution < -0.4 is 11.1 Å². The molecule has 48 valence electrons. The number of rotatable bonds is 0. The predicted octanol–water partition coefficient (Wildman–Crippen LogP) is -0.350. The summed E-state index contributed by atoms with van der Waals surface area (Å²) in [6, 6.07) is 0.377. The van der Waals surface area contributed by atoms with E-state index in [4.69, 9.17) is 5.73 Å². The molecule has 0 radical (unpaired) electrons. The maximum atomic E-state index is 5.65. The standard InChI is InChI=1S/C5H12N2S/c6-5-3-7-1-2-8-4-5/h5,7H,1-4,6H2. The van der Waals surface area contributed by atoms with Crippen LogP contribution in [0, 0.1) is 0 Å². The quantitative estimate of drug-likeness (QED) is 0.473. The number of thioether (sulfide) groups is 1. The lowest BCUT2D eigenvalue weighted by Crippen LogP contribution is -2.33. The average Bonchev–Trinajstić information content (AvgIpc) is 1.94. The summed E-state index contributed by atoms with van der Waals surface area (Å²) in [4.78, 5) is 0. The minimum Gasteiger partial charge on any atom is -0.326 e. The van der Waals surface area contributed by atoms with Gasteiger partial charge in [-0.2, -0.15) is 11.8 Å². The highest BCUT2D eigenvalue weighted by Gasteiger charge is 2.04. The molecule has 1 saturated heterocycles. The molecule has 1 aliphatic rings. The van der Waals surface area contributed by atoms with E-state index in [1.54, 1.807) is 0 Å². The van der Waals surface area contributed by atoms with E-state index < -0.39 is 0 Å². The summed E-state index contributed by atoms with van der Waals surface area (Å²) in [5.74, 6) is 2.33. The highest BCUT2D eigenvalue weighted by atomic mass is 32.2. The molecule has 1 unspecified atom stereocenters. The number of nitrogens with two attached hydrogens (primary N) is 1. The molecule has 1 atom stereocenters. The van der Waals surface area contributed by atoms with Gasteiger partial charge in [-0.15, -0.1) is 0 Å². The van der Waals surface area contributed by atoms with Crippen LogP contribution in [-0.4, -0.2) is 30.6 Å². The summed E-state index contributed by atoms with van der Waals surface area (Å²) in [6.07, 6.45) is 0. The van der Waals surface area contributed by atoms with Gasteiger partial charge in [-0.1, -0.05) is 0 Å². The first-order valence-corrected chi connectivity index (χ1v) is 4.09. The molecule has 2 nitrogen and oxygen atoms in total. The van der Waals surface area contributed by atoms with Crippen molar-refractivity contribution in [2.24, 2.45) is 5.73 Å². The minimum atomic E-state index is 0.377. The summed E-state index contributed by atoms with van der Waals surface area (Å²) < 4.78 is 0. The average molecular weight is 132 g/mol.